The summed E-state index contributed by atoms with van der Waals surface area (Å²) in [6, 6.07) is 1.90. The summed E-state index contributed by atoms with van der Waals surface area (Å²) in [6.45, 7) is 6.83. The molecule has 2 heterocycles. The summed E-state index contributed by atoms with van der Waals surface area (Å²) in [5, 5.41) is 7.42. The molecule has 1 aliphatic carbocycles. The van der Waals surface area contributed by atoms with E-state index in [0.717, 1.165) is 51.9 Å². The van der Waals surface area contributed by atoms with Crippen molar-refractivity contribution in [2.75, 3.05) is 17.2 Å². The maximum atomic E-state index is 6.51. The molecule has 4 rings (SSSR count). The number of fused-ring (bicyclic) bond motifs is 1. The lowest BCUT2D eigenvalue weighted by atomic mass is 10.1. The van der Waals surface area contributed by atoms with Gasteiger partial charge >= 0.3 is 0 Å². The molecule has 3 aromatic rings. The molecule has 6 nitrogen and oxygen atoms in total. The lowest BCUT2D eigenvalue weighted by Gasteiger charge is -2.16. The molecule has 1 saturated carbocycles. The van der Waals surface area contributed by atoms with Crippen molar-refractivity contribution in [3.8, 4) is 0 Å². The Kier molecular flexibility index (Phi) is 4.36. The van der Waals surface area contributed by atoms with Crippen LogP contribution in [0.5, 0.6) is 0 Å². The van der Waals surface area contributed by atoms with Gasteiger partial charge in [0.05, 0.1) is 16.2 Å². The van der Waals surface area contributed by atoms with Crippen LogP contribution in [-0.4, -0.2) is 26.5 Å². The molecule has 0 amide bonds. The maximum Gasteiger partial charge on any atom is 0.139 e. The second-order valence-corrected chi connectivity index (χ2v) is 7.25. The molecule has 1 fully saturated rings. The van der Waals surface area contributed by atoms with E-state index in [-0.39, 0.29) is 0 Å². The lowest BCUT2D eigenvalue weighted by molar-refractivity contribution is 0.875. The summed E-state index contributed by atoms with van der Waals surface area (Å²) in [6.07, 6.45) is 5.95. The number of rotatable bonds is 5. The maximum absolute atomic E-state index is 6.51. The summed E-state index contributed by atoms with van der Waals surface area (Å²) in [5.41, 5.74) is 4.24. The van der Waals surface area contributed by atoms with Gasteiger partial charge in [-0.1, -0.05) is 11.6 Å². The van der Waals surface area contributed by atoms with Crippen LogP contribution in [0.15, 0.2) is 18.5 Å². The van der Waals surface area contributed by atoms with E-state index in [1.54, 1.807) is 12.4 Å². The number of aromatic nitrogens is 4. The molecule has 0 saturated heterocycles. The Balaban J connectivity index is 1.74. The first-order valence-electron chi connectivity index (χ1n) is 8.79. The average Bonchev–Trinajstić information content (AvgIpc) is 3.44. The van der Waals surface area contributed by atoms with E-state index in [0.29, 0.717) is 10.8 Å². The first-order chi connectivity index (χ1) is 12.5. The van der Waals surface area contributed by atoms with Gasteiger partial charge < -0.3 is 10.6 Å². The number of nitrogens with one attached hydrogen (secondary N) is 2. The standard InChI is InChI=1S/C19H21ClN6/c1-10-8-14(20)16(17-15(10)21-6-7-22-17)26-19-11(2)18(24-12(3)25-19)23-9-13-4-5-13/h6-8,13H,4-5,9H2,1-3H3,(H2,23,24,25,26). The van der Waals surface area contributed by atoms with Crippen LogP contribution in [-0.2, 0) is 0 Å². The predicted molar refractivity (Wildman–Crippen MR) is 105 cm³/mol. The SMILES string of the molecule is Cc1nc(NCC2CC2)c(C)c(Nc2c(Cl)cc(C)c3nccnc23)n1. The highest BCUT2D eigenvalue weighted by Crippen LogP contribution is 2.35. The van der Waals surface area contributed by atoms with E-state index in [1.807, 2.05) is 26.8 Å². The normalized spacial score (nSPS) is 13.8. The molecule has 134 valence electrons. The fourth-order valence-corrected chi connectivity index (χ4v) is 3.28. The van der Waals surface area contributed by atoms with Crippen molar-refractivity contribution in [1.82, 2.24) is 19.9 Å². The average molecular weight is 369 g/mol. The third kappa shape index (κ3) is 3.29. The molecular formula is C19H21ClN6. The fraction of sp³-hybridized carbons (Fsp3) is 0.368. The van der Waals surface area contributed by atoms with Crippen molar-refractivity contribution in [1.29, 1.82) is 0 Å². The Bertz CT molecular complexity index is 983. The van der Waals surface area contributed by atoms with Crippen LogP contribution in [0.1, 0.15) is 29.8 Å². The minimum atomic E-state index is 0.596. The molecule has 0 atom stereocenters. The molecule has 0 radical (unpaired) electrons. The Labute approximate surface area is 157 Å². The van der Waals surface area contributed by atoms with Crippen LogP contribution in [0, 0.1) is 26.7 Å². The van der Waals surface area contributed by atoms with Crippen LogP contribution in [0.25, 0.3) is 11.0 Å². The van der Waals surface area contributed by atoms with Crippen molar-refractivity contribution in [3.05, 3.63) is 40.4 Å². The van der Waals surface area contributed by atoms with Gasteiger partial charge in [-0.3, -0.25) is 9.97 Å². The second kappa shape index (κ2) is 6.68. The van der Waals surface area contributed by atoms with Crippen LogP contribution in [0.3, 0.4) is 0 Å². The largest absolute Gasteiger partial charge is 0.369 e. The number of halogens is 1. The summed E-state index contributed by atoms with van der Waals surface area (Å²) in [7, 11) is 0. The molecule has 0 unspecified atom stereocenters. The van der Waals surface area contributed by atoms with Gasteiger partial charge in [-0.2, -0.15) is 0 Å². The van der Waals surface area contributed by atoms with Crippen LogP contribution in [0.2, 0.25) is 5.02 Å². The molecule has 2 N–H and O–H groups in total. The van der Waals surface area contributed by atoms with Crippen molar-refractivity contribution in [2.45, 2.75) is 33.6 Å². The van der Waals surface area contributed by atoms with Gasteiger partial charge in [0.15, 0.2) is 0 Å². The van der Waals surface area contributed by atoms with Gasteiger partial charge in [-0.15, -0.1) is 0 Å². The predicted octanol–water partition coefficient (Wildman–Crippen LogP) is 4.56. The highest BCUT2D eigenvalue weighted by atomic mass is 35.5. The molecule has 0 bridgehead atoms. The molecule has 7 heteroatoms. The highest BCUT2D eigenvalue weighted by molar-refractivity contribution is 6.35. The van der Waals surface area contributed by atoms with E-state index in [2.05, 4.69) is 30.6 Å². The number of nitrogens with zero attached hydrogens (tertiary/aromatic N) is 4. The molecule has 0 spiro atoms. The Morgan fingerprint density at radius 3 is 2.46 bits per heavy atom. The Morgan fingerprint density at radius 1 is 1.04 bits per heavy atom. The molecular weight excluding hydrogens is 348 g/mol. The zero-order chi connectivity index (χ0) is 18.3. The van der Waals surface area contributed by atoms with Crippen LogP contribution < -0.4 is 10.6 Å². The summed E-state index contributed by atoms with van der Waals surface area (Å²) in [5.74, 6) is 3.07. The van der Waals surface area contributed by atoms with E-state index < -0.39 is 0 Å². The molecule has 26 heavy (non-hydrogen) atoms. The number of hydrogen-bond acceptors (Lipinski definition) is 6. The smallest absolute Gasteiger partial charge is 0.139 e. The third-order valence-corrected chi connectivity index (χ3v) is 4.94. The zero-order valence-corrected chi connectivity index (χ0v) is 15.9. The van der Waals surface area contributed by atoms with Crippen molar-refractivity contribution < 1.29 is 0 Å². The fourth-order valence-electron chi connectivity index (χ4n) is 2.98. The second-order valence-electron chi connectivity index (χ2n) is 6.85. The van der Waals surface area contributed by atoms with Crippen LogP contribution >= 0.6 is 11.6 Å². The first-order valence-corrected chi connectivity index (χ1v) is 9.16. The summed E-state index contributed by atoms with van der Waals surface area (Å²) >= 11 is 6.51. The van der Waals surface area contributed by atoms with Gasteiger partial charge in [0.2, 0.25) is 0 Å². The van der Waals surface area contributed by atoms with Crippen molar-refractivity contribution in [2.24, 2.45) is 5.92 Å². The van der Waals surface area contributed by atoms with E-state index in [1.165, 1.54) is 12.8 Å². The minimum Gasteiger partial charge on any atom is -0.369 e. The van der Waals surface area contributed by atoms with E-state index >= 15 is 0 Å². The van der Waals surface area contributed by atoms with Crippen LogP contribution in [0.4, 0.5) is 17.3 Å². The number of aryl methyl sites for hydroxylation is 2. The first kappa shape index (κ1) is 17.0. The van der Waals surface area contributed by atoms with Crippen molar-refractivity contribution >= 4 is 40.0 Å². The topological polar surface area (TPSA) is 75.6 Å². The van der Waals surface area contributed by atoms with Gasteiger partial charge in [0.1, 0.15) is 23.0 Å². The van der Waals surface area contributed by atoms with E-state index in [4.69, 9.17) is 11.6 Å². The minimum absolute atomic E-state index is 0.596. The third-order valence-electron chi connectivity index (χ3n) is 4.65. The highest BCUT2D eigenvalue weighted by Gasteiger charge is 2.22. The summed E-state index contributed by atoms with van der Waals surface area (Å²) in [4.78, 5) is 18.0. The van der Waals surface area contributed by atoms with Gasteiger partial charge in [-0.25, -0.2) is 9.97 Å². The summed E-state index contributed by atoms with van der Waals surface area (Å²) < 4.78 is 0. The zero-order valence-electron chi connectivity index (χ0n) is 15.1. The number of benzene rings is 1. The molecule has 1 aliphatic rings. The molecule has 2 aromatic heterocycles. The monoisotopic (exact) mass is 368 g/mol. The Morgan fingerprint density at radius 2 is 1.73 bits per heavy atom. The van der Waals surface area contributed by atoms with Gasteiger partial charge in [0.25, 0.3) is 0 Å². The number of hydrogen-bond donors (Lipinski definition) is 2. The van der Waals surface area contributed by atoms with Gasteiger partial charge in [0, 0.05) is 24.5 Å². The molecule has 0 aliphatic heterocycles. The van der Waals surface area contributed by atoms with Crippen molar-refractivity contribution in [3.63, 3.8) is 0 Å². The number of anilines is 3. The molecule has 1 aromatic carbocycles. The lowest BCUT2D eigenvalue weighted by Crippen LogP contribution is -2.10. The van der Waals surface area contributed by atoms with Gasteiger partial charge in [-0.05, 0) is 51.2 Å². The Hall–Kier alpha value is -2.47. The van der Waals surface area contributed by atoms with E-state index in [9.17, 15) is 0 Å². The quantitative estimate of drug-likeness (QED) is 0.687.